The van der Waals surface area contributed by atoms with Crippen LogP contribution in [0.2, 0.25) is 0 Å². The number of hydrogen-bond acceptors (Lipinski definition) is 15. The molecule has 0 radical (unpaired) electrons. The molecule has 0 aliphatic carbocycles. The Balaban J connectivity index is 2.85. The SMILES string of the molecule is C/C1=C\C(=O)N(O)CCCC(N)C(=O)OCC/C(C)=C/C(=O)N(O)CCCC(N)C(=O)OCC/C(C)=C/C(=O)N(O)CCCC(N)C(=O)OCC1. The molecule has 0 aromatic heterocycles. The molecule has 1 rings (SSSR count). The number of cyclic esters (lactones) is 3. The fraction of sp³-hybridized carbons (Fsp3) is 0.636. The minimum atomic E-state index is -1.02. The van der Waals surface area contributed by atoms with Gasteiger partial charge in [-0.1, -0.05) is 16.7 Å². The largest absolute Gasteiger partial charge is 0.464 e. The molecule has 3 amide bonds. The first-order valence-corrected chi connectivity index (χ1v) is 16.8. The molecule has 0 aromatic carbocycles. The average Bonchev–Trinajstić information content (AvgIpc) is 3.06. The lowest BCUT2D eigenvalue weighted by atomic mass is 10.1. The molecule has 18 nitrogen and oxygen atoms in total. The van der Waals surface area contributed by atoms with Crippen molar-refractivity contribution in [2.75, 3.05) is 39.5 Å². The molecule has 0 fully saturated rings. The van der Waals surface area contributed by atoms with Crippen molar-refractivity contribution in [3.05, 3.63) is 34.9 Å². The number of rotatable bonds is 0. The third-order valence-corrected chi connectivity index (χ3v) is 7.66. The van der Waals surface area contributed by atoms with Gasteiger partial charge in [-0.15, -0.1) is 0 Å². The van der Waals surface area contributed by atoms with Crippen LogP contribution < -0.4 is 17.2 Å². The van der Waals surface area contributed by atoms with Crippen molar-refractivity contribution in [3.63, 3.8) is 0 Å². The number of nitrogens with two attached hydrogens (primary N) is 3. The predicted molar refractivity (Wildman–Crippen MR) is 180 cm³/mol. The molecule has 0 bridgehead atoms. The summed E-state index contributed by atoms with van der Waals surface area (Å²) in [4.78, 5) is 73.7. The van der Waals surface area contributed by atoms with Crippen molar-refractivity contribution in [2.24, 2.45) is 17.2 Å². The standard InChI is InChI=1S/C33H54N6O12/c1-22-10-16-49-31(43)25(34)8-5-14-38(47)29(41)20-24(3)12-18-51-33(45)27(36)9-6-15-39(48)30(42)21-23(2)11-17-50-32(44)26(35)7-4-13-37(46)28(40)19-22/h19-21,25-27,46-48H,4-18,34-36H2,1-3H3/b22-19+,23-21+,24-20+. The van der Waals surface area contributed by atoms with E-state index in [1.807, 2.05) is 0 Å². The number of carbonyl (C=O) groups is 6. The first kappa shape index (κ1) is 44.8. The molecule has 1 aliphatic heterocycles. The number of esters is 3. The molecule has 288 valence electrons. The predicted octanol–water partition coefficient (Wildman–Crippen LogP) is 0.615. The molecule has 1 heterocycles. The van der Waals surface area contributed by atoms with Gasteiger partial charge in [0.25, 0.3) is 17.7 Å². The quantitative estimate of drug-likeness (QED) is 0.113. The Kier molecular flexibility index (Phi) is 21.2. The normalized spacial score (nSPS) is 27.6. The maximum atomic E-state index is 12.3. The summed E-state index contributed by atoms with van der Waals surface area (Å²) in [7, 11) is 0. The van der Waals surface area contributed by atoms with E-state index in [2.05, 4.69) is 0 Å². The summed E-state index contributed by atoms with van der Waals surface area (Å²) in [6.45, 7) is 4.26. The molecular weight excluding hydrogens is 672 g/mol. The van der Waals surface area contributed by atoms with E-state index in [-0.39, 0.29) is 97.2 Å². The Morgan fingerprint density at radius 3 is 0.980 bits per heavy atom. The molecule has 3 atom stereocenters. The van der Waals surface area contributed by atoms with Gasteiger partial charge in [0.05, 0.1) is 19.8 Å². The van der Waals surface area contributed by atoms with Crippen LogP contribution >= 0.6 is 0 Å². The van der Waals surface area contributed by atoms with Crippen LogP contribution in [0.4, 0.5) is 0 Å². The van der Waals surface area contributed by atoms with Crippen molar-refractivity contribution in [3.8, 4) is 0 Å². The fourth-order valence-corrected chi connectivity index (χ4v) is 4.40. The second kappa shape index (κ2) is 24.1. The Morgan fingerprint density at radius 1 is 0.510 bits per heavy atom. The monoisotopic (exact) mass is 726 g/mol. The van der Waals surface area contributed by atoms with Gasteiger partial charge in [-0.2, -0.15) is 0 Å². The van der Waals surface area contributed by atoms with E-state index < -0.39 is 53.8 Å². The number of carbonyl (C=O) groups excluding carboxylic acids is 6. The highest BCUT2D eigenvalue weighted by molar-refractivity contribution is 5.88. The van der Waals surface area contributed by atoms with Crippen LogP contribution in [0, 0.1) is 0 Å². The van der Waals surface area contributed by atoms with E-state index in [4.69, 9.17) is 31.4 Å². The fourth-order valence-electron chi connectivity index (χ4n) is 4.40. The Morgan fingerprint density at radius 2 is 0.745 bits per heavy atom. The molecule has 1 aliphatic rings. The van der Waals surface area contributed by atoms with E-state index in [1.165, 1.54) is 18.2 Å². The van der Waals surface area contributed by atoms with Crippen LogP contribution in [0.15, 0.2) is 34.9 Å². The number of ether oxygens (including phenoxy) is 3. The minimum Gasteiger partial charge on any atom is -0.464 e. The number of hydrogen-bond donors (Lipinski definition) is 6. The summed E-state index contributed by atoms with van der Waals surface area (Å²) in [6.07, 6.45) is 4.99. The summed E-state index contributed by atoms with van der Waals surface area (Å²) in [5.74, 6) is -4.24. The summed E-state index contributed by atoms with van der Waals surface area (Å²) < 4.78 is 15.5. The maximum absolute atomic E-state index is 12.3. The summed E-state index contributed by atoms with van der Waals surface area (Å²) >= 11 is 0. The lowest BCUT2D eigenvalue weighted by Gasteiger charge is -2.17. The van der Waals surface area contributed by atoms with Gasteiger partial charge in [-0.05, 0) is 59.3 Å². The first-order chi connectivity index (χ1) is 24.0. The van der Waals surface area contributed by atoms with Crippen LogP contribution in [-0.4, -0.2) is 124 Å². The van der Waals surface area contributed by atoms with Gasteiger partial charge in [0.15, 0.2) is 0 Å². The maximum Gasteiger partial charge on any atom is 0.322 e. The van der Waals surface area contributed by atoms with E-state index in [9.17, 15) is 44.4 Å². The number of nitrogens with zero attached hydrogens (tertiary/aromatic N) is 3. The zero-order chi connectivity index (χ0) is 38.5. The van der Waals surface area contributed by atoms with Crippen molar-refractivity contribution < 1.29 is 58.6 Å². The highest BCUT2D eigenvalue weighted by Crippen LogP contribution is 2.09. The van der Waals surface area contributed by atoms with Crippen LogP contribution in [0.1, 0.15) is 78.6 Å². The zero-order valence-electron chi connectivity index (χ0n) is 29.7. The van der Waals surface area contributed by atoms with Gasteiger partial charge in [0, 0.05) is 57.1 Å². The van der Waals surface area contributed by atoms with E-state index in [0.717, 1.165) is 0 Å². The molecule has 51 heavy (non-hydrogen) atoms. The van der Waals surface area contributed by atoms with E-state index in [1.54, 1.807) is 20.8 Å². The van der Waals surface area contributed by atoms with Gasteiger partial charge >= 0.3 is 17.9 Å². The Bertz CT molecular complexity index is 1130. The molecule has 3 unspecified atom stereocenters. The zero-order valence-corrected chi connectivity index (χ0v) is 29.7. The second-order valence-corrected chi connectivity index (χ2v) is 12.4. The van der Waals surface area contributed by atoms with Gasteiger partial charge in [-0.3, -0.25) is 44.4 Å². The summed E-state index contributed by atoms with van der Waals surface area (Å²) in [6, 6.07) is -3.05. The highest BCUT2D eigenvalue weighted by atomic mass is 16.5. The third kappa shape index (κ3) is 19.1. The number of hydroxylamine groups is 6. The van der Waals surface area contributed by atoms with Crippen LogP contribution in [0.5, 0.6) is 0 Å². The van der Waals surface area contributed by atoms with Crippen LogP contribution in [0.3, 0.4) is 0 Å². The molecular formula is C33H54N6O12. The molecule has 0 spiro atoms. The van der Waals surface area contributed by atoms with Crippen molar-refractivity contribution in [1.29, 1.82) is 0 Å². The van der Waals surface area contributed by atoms with E-state index >= 15 is 0 Å². The van der Waals surface area contributed by atoms with Gasteiger partial charge in [0.2, 0.25) is 0 Å². The molecule has 0 saturated heterocycles. The summed E-state index contributed by atoms with van der Waals surface area (Å²) in [5.41, 5.74) is 19.2. The molecule has 18 heteroatoms. The van der Waals surface area contributed by atoms with Crippen molar-refractivity contribution >= 4 is 35.6 Å². The average molecular weight is 727 g/mol. The van der Waals surface area contributed by atoms with Crippen LogP contribution in [0.25, 0.3) is 0 Å². The third-order valence-electron chi connectivity index (χ3n) is 7.66. The topological polar surface area (TPSA) is 279 Å². The number of amides is 3. The molecule has 0 saturated carbocycles. The van der Waals surface area contributed by atoms with Gasteiger partial charge in [0.1, 0.15) is 18.1 Å². The molecule has 9 N–H and O–H groups in total. The second-order valence-electron chi connectivity index (χ2n) is 12.4. The minimum absolute atomic E-state index is 0.0774. The highest BCUT2D eigenvalue weighted by Gasteiger charge is 2.20. The Labute approximate surface area is 297 Å². The van der Waals surface area contributed by atoms with E-state index in [0.29, 0.717) is 31.9 Å². The Hall–Kier alpha value is -4.20. The molecule has 0 aromatic rings. The van der Waals surface area contributed by atoms with Crippen molar-refractivity contribution in [1.82, 2.24) is 15.2 Å². The first-order valence-electron chi connectivity index (χ1n) is 16.8. The lowest BCUT2D eigenvalue weighted by Crippen LogP contribution is -2.35. The summed E-state index contributed by atoms with van der Waals surface area (Å²) in [5, 5.41) is 31.7. The van der Waals surface area contributed by atoms with Gasteiger partial charge < -0.3 is 31.4 Å². The lowest BCUT2D eigenvalue weighted by molar-refractivity contribution is -0.160. The van der Waals surface area contributed by atoms with Crippen LogP contribution in [-0.2, 0) is 43.0 Å². The smallest absolute Gasteiger partial charge is 0.322 e. The van der Waals surface area contributed by atoms with Gasteiger partial charge in [-0.25, -0.2) is 15.2 Å². The van der Waals surface area contributed by atoms with Crippen molar-refractivity contribution in [2.45, 2.75) is 96.7 Å².